The first-order valence-corrected chi connectivity index (χ1v) is 8.46. The number of aromatic nitrogens is 2. The number of carbonyl (C=O) groups is 1. The van der Waals surface area contributed by atoms with Gasteiger partial charge in [-0.3, -0.25) is 9.59 Å². The summed E-state index contributed by atoms with van der Waals surface area (Å²) in [5.41, 5.74) is 0.363. The summed E-state index contributed by atoms with van der Waals surface area (Å²) in [7, 11) is 1.51. The molecule has 3 aromatic rings. The number of amides is 1. The van der Waals surface area contributed by atoms with E-state index in [1.165, 1.54) is 11.8 Å². The Balaban J connectivity index is 2.13. The van der Waals surface area contributed by atoms with Gasteiger partial charge >= 0.3 is 0 Å². The third kappa shape index (κ3) is 3.28. The molecular formula is C19H18ClN3O3. The molecule has 0 bridgehead atoms. The molecule has 0 fully saturated rings. The first kappa shape index (κ1) is 17.9. The Kier molecular flexibility index (Phi) is 4.95. The molecule has 0 aliphatic carbocycles. The highest BCUT2D eigenvalue weighted by atomic mass is 35.5. The van der Waals surface area contributed by atoms with E-state index in [9.17, 15) is 9.59 Å². The maximum Gasteiger partial charge on any atom is 0.276 e. The number of hydrogen-bond acceptors (Lipinski definition) is 4. The van der Waals surface area contributed by atoms with Crippen LogP contribution in [0.2, 0.25) is 5.02 Å². The van der Waals surface area contributed by atoms with Crippen LogP contribution < -0.4 is 15.6 Å². The number of nitrogens with zero attached hydrogens (tertiary/aromatic N) is 2. The van der Waals surface area contributed by atoms with Gasteiger partial charge in [-0.2, -0.15) is 5.10 Å². The molecule has 134 valence electrons. The first-order chi connectivity index (χ1) is 12.4. The number of fused-ring (bicyclic) bond motifs is 1. The van der Waals surface area contributed by atoms with Gasteiger partial charge in [0.05, 0.1) is 24.2 Å². The largest absolute Gasteiger partial charge is 0.495 e. The van der Waals surface area contributed by atoms with Crippen molar-refractivity contribution in [1.29, 1.82) is 0 Å². The summed E-state index contributed by atoms with van der Waals surface area (Å²) in [5, 5.41) is 8.46. The molecule has 0 atom stereocenters. The minimum Gasteiger partial charge on any atom is -0.495 e. The van der Waals surface area contributed by atoms with Crippen molar-refractivity contribution in [2.45, 2.75) is 19.9 Å². The van der Waals surface area contributed by atoms with Crippen LogP contribution >= 0.6 is 11.6 Å². The molecule has 0 saturated heterocycles. The lowest BCUT2D eigenvalue weighted by Crippen LogP contribution is -2.29. The van der Waals surface area contributed by atoms with E-state index in [-0.39, 0.29) is 17.3 Å². The number of ether oxygens (including phenoxy) is 1. The molecule has 0 unspecified atom stereocenters. The van der Waals surface area contributed by atoms with Crippen LogP contribution in [0.1, 0.15) is 30.4 Å². The smallest absolute Gasteiger partial charge is 0.276 e. The Bertz CT molecular complexity index is 1040. The number of rotatable bonds is 4. The van der Waals surface area contributed by atoms with Crippen molar-refractivity contribution >= 4 is 34.0 Å². The Labute approximate surface area is 155 Å². The lowest BCUT2D eigenvalue weighted by molar-refractivity contribution is 0.102. The van der Waals surface area contributed by atoms with Crippen LogP contribution in [0.25, 0.3) is 10.8 Å². The number of halogens is 1. The second kappa shape index (κ2) is 7.17. The highest BCUT2D eigenvalue weighted by molar-refractivity contribution is 6.31. The molecule has 1 N–H and O–H groups in total. The zero-order valence-corrected chi connectivity index (χ0v) is 15.4. The number of methoxy groups -OCH3 is 1. The van der Waals surface area contributed by atoms with E-state index >= 15 is 0 Å². The number of hydrogen-bond donors (Lipinski definition) is 1. The summed E-state index contributed by atoms with van der Waals surface area (Å²) in [6.45, 7) is 3.68. The fourth-order valence-electron chi connectivity index (χ4n) is 2.68. The zero-order chi connectivity index (χ0) is 18.8. The van der Waals surface area contributed by atoms with Gasteiger partial charge in [0.25, 0.3) is 11.5 Å². The Morgan fingerprint density at radius 2 is 1.88 bits per heavy atom. The highest BCUT2D eigenvalue weighted by Gasteiger charge is 2.19. The summed E-state index contributed by atoms with van der Waals surface area (Å²) < 4.78 is 6.57. The van der Waals surface area contributed by atoms with Crippen molar-refractivity contribution in [3.05, 3.63) is 63.5 Å². The number of carbonyl (C=O) groups excluding carboxylic acids is 1. The van der Waals surface area contributed by atoms with E-state index in [0.29, 0.717) is 27.2 Å². The van der Waals surface area contributed by atoms with Gasteiger partial charge in [-0.25, -0.2) is 4.68 Å². The van der Waals surface area contributed by atoms with Crippen molar-refractivity contribution in [2.75, 3.05) is 12.4 Å². The maximum atomic E-state index is 12.9. The van der Waals surface area contributed by atoms with Crippen molar-refractivity contribution in [3.63, 3.8) is 0 Å². The summed E-state index contributed by atoms with van der Waals surface area (Å²) in [6.07, 6.45) is 0. The molecule has 26 heavy (non-hydrogen) atoms. The van der Waals surface area contributed by atoms with Gasteiger partial charge in [0.2, 0.25) is 0 Å². The maximum absolute atomic E-state index is 12.9. The van der Waals surface area contributed by atoms with Gasteiger partial charge in [0.15, 0.2) is 5.69 Å². The molecule has 1 heterocycles. The average Bonchev–Trinajstić information content (AvgIpc) is 2.62. The van der Waals surface area contributed by atoms with Gasteiger partial charge in [-0.05, 0) is 38.1 Å². The van der Waals surface area contributed by atoms with Gasteiger partial charge < -0.3 is 10.1 Å². The minimum absolute atomic E-state index is 0.163. The van der Waals surface area contributed by atoms with Crippen molar-refractivity contribution in [1.82, 2.24) is 9.78 Å². The Morgan fingerprint density at radius 1 is 1.19 bits per heavy atom. The lowest BCUT2D eigenvalue weighted by atomic mass is 10.1. The fraction of sp³-hybridized carbons (Fsp3) is 0.211. The molecule has 3 rings (SSSR count). The van der Waals surface area contributed by atoms with Crippen LogP contribution in [0.5, 0.6) is 5.75 Å². The van der Waals surface area contributed by atoms with Crippen molar-refractivity contribution < 1.29 is 9.53 Å². The minimum atomic E-state index is -0.448. The van der Waals surface area contributed by atoms with Gasteiger partial charge in [0.1, 0.15) is 5.75 Å². The van der Waals surface area contributed by atoms with Crippen LogP contribution in [0, 0.1) is 0 Å². The van der Waals surface area contributed by atoms with Crippen LogP contribution in [-0.2, 0) is 0 Å². The number of nitrogens with one attached hydrogen (secondary N) is 1. The molecule has 7 heteroatoms. The van der Waals surface area contributed by atoms with E-state index in [2.05, 4.69) is 10.4 Å². The highest BCUT2D eigenvalue weighted by Crippen LogP contribution is 2.28. The molecule has 0 radical (unpaired) electrons. The summed E-state index contributed by atoms with van der Waals surface area (Å²) in [5.74, 6) is 0.0282. The van der Waals surface area contributed by atoms with Gasteiger partial charge in [0, 0.05) is 10.4 Å². The average molecular weight is 372 g/mol. The third-order valence-electron chi connectivity index (χ3n) is 3.94. The second-order valence-corrected chi connectivity index (χ2v) is 6.47. The quantitative estimate of drug-likeness (QED) is 0.755. The normalized spacial score (nSPS) is 11.0. The Hall–Kier alpha value is -2.86. The van der Waals surface area contributed by atoms with Crippen LogP contribution in [0.4, 0.5) is 5.69 Å². The molecule has 6 nitrogen and oxygen atoms in total. The standard InChI is InChI=1S/C19H18ClN3O3/c1-11(2)23-19(25)14-7-5-4-6-13(14)17(22-23)18(24)21-15-10-12(20)8-9-16(15)26-3/h4-11H,1-3H3,(H,21,24). The van der Waals surface area contributed by atoms with E-state index in [1.54, 1.807) is 42.5 Å². The topological polar surface area (TPSA) is 73.2 Å². The third-order valence-corrected chi connectivity index (χ3v) is 4.18. The van der Waals surface area contributed by atoms with Crippen LogP contribution in [-0.4, -0.2) is 22.8 Å². The lowest BCUT2D eigenvalue weighted by Gasteiger charge is -2.14. The van der Waals surface area contributed by atoms with Crippen LogP contribution in [0.15, 0.2) is 47.3 Å². The second-order valence-electron chi connectivity index (χ2n) is 6.04. The van der Waals surface area contributed by atoms with E-state index in [0.717, 1.165) is 0 Å². The van der Waals surface area contributed by atoms with E-state index in [1.807, 2.05) is 13.8 Å². The summed E-state index contributed by atoms with van der Waals surface area (Å²) >= 11 is 6.02. The first-order valence-electron chi connectivity index (χ1n) is 8.09. The summed E-state index contributed by atoms with van der Waals surface area (Å²) in [4.78, 5) is 25.5. The predicted octanol–water partition coefficient (Wildman–Crippen LogP) is 3.89. The van der Waals surface area contributed by atoms with E-state index in [4.69, 9.17) is 16.3 Å². The molecule has 1 aromatic heterocycles. The van der Waals surface area contributed by atoms with Gasteiger partial charge in [-0.1, -0.05) is 29.8 Å². The van der Waals surface area contributed by atoms with Crippen molar-refractivity contribution in [2.24, 2.45) is 0 Å². The molecule has 2 aromatic carbocycles. The van der Waals surface area contributed by atoms with Crippen LogP contribution in [0.3, 0.4) is 0 Å². The van der Waals surface area contributed by atoms with E-state index < -0.39 is 5.91 Å². The zero-order valence-electron chi connectivity index (χ0n) is 14.6. The monoisotopic (exact) mass is 371 g/mol. The molecule has 0 aliphatic heterocycles. The molecule has 0 spiro atoms. The number of benzene rings is 2. The molecule has 0 saturated carbocycles. The molecule has 1 amide bonds. The SMILES string of the molecule is COc1ccc(Cl)cc1NC(=O)c1nn(C(C)C)c(=O)c2ccccc12. The number of anilines is 1. The molecule has 0 aliphatic rings. The van der Waals surface area contributed by atoms with Gasteiger partial charge in [-0.15, -0.1) is 0 Å². The fourth-order valence-corrected chi connectivity index (χ4v) is 2.86. The van der Waals surface area contributed by atoms with Crippen molar-refractivity contribution in [3.8, 4) is 5.75 Å². The summed E-state index contributed by atoms with van der Waals surface area (Å²) in [6, 6.07) is 11.7. The Morgan fingerprint density at radius 3 is 2.54 bits per heavy atom. The molecular weight excluding hydrogens is 354 g/mol. The predicted molar refractivity (Wildman–Crippen MR) is 102 cm³/mol.